The first-order valence-electron chi connectivity index (χ1n) is 6.52. The summed E-state index contributed by atoms with van der Waals surface area (Å²) < 4.78 is 26.4. The largest absolute Gasteiger partial charge is 0.266 e. The molecule has 0 N–H and O–H groups in total. The molecule has 0 atom stereocenters. The fourth-order valence-electron chi connectivity index (χ4n) is 1.92. The Balaban J connectivity index is 2.46. The summed E-state index contributed by atoms with van der Waals surface area (Å²) in [5.74, 6) is 0.245. The molecule has 112 valence electrons. The Hall–Kier alpha value is -1.66. The number of nitrogens with zero attached hydrogens (tertiary/aromatic N) is 3. The number of aromatic nitrogens is 2. The number of hydrogen-bond acceptors (Lipinski definition) is 4. The van der Waals surface area contributed by atoms with Gasteiger partial charge in [-0.1, -0.05) is 31.0 Å². The van der Waals surface area contributed by atoms with Gasteiger partial charge in [0.2, 0.25) is 0 Å². The van der Waals surface area contributed by atoms with E-state index in [4.69, 9.17) is 11.6 Å². The number of aryl methyl sites for hydroxylation is 1. The van der Waals surface area contributed by atoms with E-state index in [1.165, 1.54) is 13.2 Å². The lowest BCUT2D eigenvalue weighted by Gasteiger charge is -2.19. The molecule has 0 aliphatic rings. The van der Waals surface area contributed by atoms with E-state index in [1.54, 1.807) is 24.3 Å². The summed E-state index contributed by atoms with van der Waals surface area (Å²) in [6.07, 6.45) is 3.22. The quantitative estimate of drug-likeness (QED) is 0.848. The highest BCUT2D eigenvalue weighted by Crippen LogP contribution is 2.27. The standard InChI is InChI=1S/C14H16ClN3O2S/c1-3-5-11-7-8-12(15)13(10-11)21(19,20)18(2)14-6-4-9-16-17-14/h4,6-10H,3,5H2,1-2H3. The lowest BCUT2D eigenvalue weighted by molar-refractivity contribution is 0.593. The maximum Gasteiger partial charge on any atom is 0.266 e. The fraction of sp³-hybridized carbons (Fsp3) is 0.286. The first kappa shape index (κ1) is 15.7. The molecule has 0 saturated carbocycles. The fourth-order valence-corrected chi connectivity index (χ4v) is 3.59. The van der Waals surface area contributed by atoms with Crippen molar-refractivity contribution < 1.29 is 8.42 Å². The maximum atomic E-state index is 12.7. The predicted molar refractivity (Wildman–Crippen MR) is 83.1 cm³/mol. The number of hydrogen-bond donors (Lipinski definition) is 0. The van der Waals surface area contributed by atoms with Gasteiger partial charge in [-0.25, -0.2) is 8.42 Å². The number of sulfonamides is 1. The summed E-state index contributed by atoms with van der Waals surface area (Å²) in [7, 11) is -2.33. The second-order valence-electron chi connectivity index (χ2n) is 4.57. The van der Waals surface area contributed by atoms with Crippen LogP contribution in [0, 0.1) is 0 Å². The summed E-state index contributed by atoms with van der Waals surface area (Å²) in [6.45, 7) is 2.04. The summed E-state index contributed by atoms with van der Waals surface area (Å²) in [4.78, 5) is 0.0864. The Morgan fingerprint density at radius 1 is 1.29 bits per heavy atom. The van der Waals surface area contributed by atoms with E-state index < -0.39 is 10.0 Å². The number of rotatable bonds is 5. The highest BCUT2D eigenvalue weighted by Gasteiger charge is 2.25. The van der Waals surface area contributed by atoms with Crippen LogP contribution in [0.15, 0.2) is 41.4 Å². The van der Waals surface area contributed by atoms with Gasteiger partial charge in [0.15, 0.2) is 5.82 Å². The smallest absolute Gasteiger partial charge is 0.251 e. The highest BCUT2D eigenvalue weighted by atomic mass is 35.5. The average Bonchev–Trinajstić information content (AvgIpc) is 2.49. The molecule has 0 saturated heterocycles. The van der Waals surface area contributed by atoms with Crippen LogP contribution in [0.3, 0.4) is 0 Å². The first-order valence-corrected chi connectivity index (χ1v) is 8.33. The van der Waals surface area contributed by atoms with Gasteiger partial charge in [-0.15, -0.1) is 5.10 Å². The van der Waals surface area contributed by atoms with Gasteiger partial charge in [-0.05, 0) is 36.2 Å². The van der Waals surface area contributed by atoms with Crippen molar-refractivity contribution in [3.8, 4) is 0 Å². The van der Waals surface area contributed by atoms with Gasteiger partial charge in [0.25, 0.3) is 10.0 Å². The molecule has 0 spiro atoms. The van der Waals surface area contributed by atoms with Gasteiger partial charge >= 0.3 is 0 Å². The van der Waals surface area contributed by atoms with Crippen molar-refractivity contribution in [3.05, 3.63) is 47.1 Å². The predicted octanol–water partition coefficient (Wildman–Crippen LogP) is 2.91. The van der Waals surface area contributed by atoms with Crippen LogP contribution in [0.25, 0.3) is 0 Å². The lowest BCUT2D eigenvalue weighted by Crippen LogP contribution is -2.28. The van der Waals surface area contributed by atoms with Crippen LogP contribution >= 0.6 is 11.6 Å². The Morgan fingerprint density at radius 3 is 2.67 bits per heavy atom. The number of anilines is 1. The van der Waals surface area contributed by atoms with Crippen molar-refractivity contribution >= 4 is 27.4 Å². The third-order valence-electron chi connectivity index (χ3n) is 3.05. The third kappa shape index (κ3) is 3.33. The van der Waals surface area contributed by atoms with Crippen molar-refractivity contribution in [3.63, 3.8) is 0 Å². The van der Waals surface area contributed by atoms with Crippen LogP contribution in [0.1, 0.15) is 18.9 Å². The van der Waals surface area contributed by atoms with Gasteiger partial charge in [0.1, 0.15) is 4.90 Å². The molecule has 0 unspecified atom stereocenters. The molecule has 0 bridgehead atoms. The average molecular weight is 326 g/mol. The number of benzene rings is 1. The molecule has 1 heterocycles. The van der Waals surface area contributed by atoms with E-state index in [0.29, 0.717) is 0 Å². The van der Waals surface area contributed by atoms with Crippen LogP contribution < -0.4 is 4.31 Å². The summed E-state index contributed by atoms with van der Waals surface area (Å²) in [5.41, 5.74) is 0.938. The molecule has 0 aliphatic heterocycles. The molecule has 7 heteroatoms. The molecule has 1 aromatic heterocycles. The van der Waals surface area contributed by atoms with Crippen LogP contribution in [0.2, 0.25) is 5.02 Å². The van der Waals surface area contributed by atoms with Gasteiger partial charge in [-0.3, -0.25) is 4.31 Å². The molecular formula is C14H16ClN3O2S. The Morgan fingerprint density at radius 2 is 2.05 bits per heavy atom. The van der Waals surface area contributed by atoms with E-state index >= 15 is 0 Å². The Labute approximate surface area is 129 Å². The molecule has 5 nitrogen and oxygen atoms in total. The van der Waals surface area contributed by atoms with Crippen molar-refractivity contribution in [1.29, 1.82) is 0 Å². The van der Waals surface area contributed by atoms with Gasteiger partial charge in [0, 0.05) is 13.2 Å². The molecule has 21 heavy (non-hydrogen) atoms. The van der Waals surface area contributed by atoms with Gasteiger partial charge in [-0.2, -0.15) is 5.10 Å². The molecule has 0 fully saturated rings. The van der Waals surface area contributed by atoms with Crippen molar-refractivity contribution in [2.24, 2.45) is 0 Å². The maximum absolute atomic E-state index is 12.7. The number of halogens is 1. The van der Waals surface area contributed by atoms with E-state index in [9.17, 15) is 8.42 Å². The van der Waals surface area contributed by atoms with Crippen molar-refractivity contribution in [2.45, 2.75) is 24.7 Å². The minimum absolute atomic E-state index is 0.0864. The second kappa shape index (κ2) is 6.41. The molecular weight excluding hydrogens is 310 g/mol. The highest BCUT2D eigenvalue weighted by molar-refractivity contribution is 7.92. The first-order chi connectivity index (χ1) is 9.96. The molecule has 0 radical (unpaired) electrons. The van der Waals surface area contributed by atoms with E-state index in [-0.39, 0.29) is 15.7 Å². The van der Waals surface area contributed by atoms with E-state index in [1.807, 2.05) is 13.0 Å². The third-order valence-corrected chi connectivity index (χ3v) is 5.30. The SMILES string of the molecule is CCCc1ccc(Cl)c(S(=O)(=O)N(C)c2cccnn2)c1. The zero-order valence-corrected chi connectivity index (χ0v) is 13.4. The Kier molecular flexibility index (Phi) is 4.80. The van der Waals surface area contributed by atoms with E-state index in [2.05, 4.69) is 10.2 Å². The Bertz CT molecular complexity index is 720. The van der Waals surface area contributed by atoms with Gasteiger partial charge < -0.3 is 0 Å². The van der Waals surface area contributed by atoms with Gasteiger partial charge in [0.05, 0.1) is 5.02 Å². The minimum atomic E-state index is -3.76. The van der Waals surface area contributed by atoms with E-state index in [0.717, 1.165) is 22.7 Å². The minimum Gasteiger partial charge on any atom is -0.251 e. The molecule has 0 amide bonds. The topological polar surface area (TPSA) is 63.2 Å². The van der Waals surface area contributed by atoms with Crippen LogP contribution in [-0.4, -0.2) is 25.7 Å². The van der Waals surface area contributed by atoms with Crippen molar-refractivity contribution in [1.82, 2.24) is 10.2 Å². The normalized spacial score (nSPS) is 11.4. The molecule has 2 aromatic rings. The molecule has 0 aliphatic carbocycles. The zero-order chi connectivity index (χ0) is 15.5. The van der Waals surface area contributed by atoms with Crippen molar-refractivity contribution in [2.75, 3.05) is 11.4 Å². The lowest BCUT2D eigenvalue weighted by atomic mass is 10.1. The van der Waals surface area contributed by atoms with Crippen LogP contribution in [-0.2, 0) is 16.4 Å². The van der Waals surface area contributed by atoms with Crippen LogP contribution in [0.5, 0.6) is 0 Å². The second-order valence-corrected chi connectivity index (χ2v) is 6.91. The molecule has 1 aromatic carbocycles. The zero-order valence-electron chi connectivity index (χ0n) is 11.8. The summed E-state index contributed by atoms with van der Waals surface area (Å²) >= 11 is 6.07. The molecule has 2 rings (SSSR count). The summed E-state index contributed by atoms with van der Waals surface area (Å²) in [6, 6.07) is 8.28. The van der Waals surface area contributed by atoms with Crippen LogP contribution in [0.4, 0.5) is 5.82 Å². The monoisotopic (exact) mass is 325 g/mol. The summed E-state index contributed by atoms with van der Waals surface area (Å²) in [5, 5.41) is 7.71.